The molecule has 2 heterocycles. The SMILES string of the molecule is COC(=O)c1ccccc1C(=O)Nc1cccc(-c2csc(-c3ccccn3)n2)c1. The molecule has 1 amide bonds. The summed E-state index contributed by atoms with van der Waals surface area (Å²) in [5.41, 5.74) is 3.55. The van der Waals surface area contributed by atoms with E-state index in [4.69, 9.17) is 4.74 Å². The molecule has 0 fully saturated rings. The molecule has 0 aliphatic carbocycles. The smallest absolute Gasteiger partial charge is 0.338 e. The van der Waals surface area contributed by atoms with Gasteiger partial charge in [-0.15, -0.1) is 11.3 Å². The van der Waals surface area contributed by atoms with Gasteiger partial charge in [0.2, 0.25) is 0 Å². The van der Waals surface area contributed by atoms with Gasteiger partial charge in [-0.1, -0.05) is 30.3 Å². The van der Waals surface area contributed by atoms with Gasteiger partial charge >= 0.3 is 5.97 Å². The predicted octanol–water partition coefficient (Wildman–Crippen LogP) is 4.91. The number of thiazole rings is 1. The minimum Gasteiger partial charge on any atom is -0.465 e. The zero-order valence-electron chi connectivity index (χ0n) is 16.0. The van der Waals surface area contributed by atoms with Gasteiger partial charge in [0.05, 0.1) is 29.6 Å². The van der Waals surface area contributed by atoms with Gasteiger partial charge < -0.3 is 10.1 Å². The molecule has 0 saturated heterocycles. The molecule has 148 valence electrons. The average molecular weight is 415 g/mol. The van der Waals surface area contributed by atoms with E-state index in [-0.39, 0.29) is 17.0 Å². The Kier molecular flexibility index (Phi) is 5.63. The van der Waals surface area contributed by atoms with Crippen molar-refractivity contribution in [1.29, 1.82) is 0 Å². The maximum absolute atomic E-state index is 12.8. The fraction of sp³-hybridized carbons (Fsp3) is 0.0435. The van der Waals surface area contributed by atoms with Crippen LogP contribution in [0.4, 0.5) is 5.69 Å². The fourth-order valence-corrected chi connectivity index (χ4v) is 3.74. The monoisotopic (exact) mass is 415 g/mol. The lowest BCUT2D eigenvalue weighted by atomic mass is 10.1. The third-order valence-electron chi connectivity index (χ3n) is 4.38. The number of nitrogens with one attached hydrogen (secondary N) is 1. The highest BCUT2D eigenvalue weighted by atomic mass is 32.1. The van der Waals surface area contributed by atoms with Crippen LogP contribution in [0.2, 0.25) is 0 Å². The average Bonchev–Trinajstić information content (AvgIpc) is 3.30. The van der Waals surface area contributed by atoms with Crippen LogP contribution in [-0.4, -0.2) is 29.0 Å². The highest BCUT2D eigenvalue weighted by molar-refractivity contribution is 7.13. The summed E-state index contributed by atoms with van der Waals surface area (Å²) in [5, 5.41) is 5.62. The Bertz CT molecular complexity index is 1210. The predicted molar refractivity (Wildman–Crippen MR) is 117 cm³/mol. The van der Waals surface area contributed by atoms with E-state index in [1.807, 2.05) is 41.8 Å². The summed E-state index contributed by atoms with van der Waals surface area (Å²) in [7, 11) is 1.29. The Balaban J connectivity index is 1.57. The quantitative estimate of drug-likeness (QED) is 0.468. The molecule has 7 heteroatoms. The van der Waals surface area contributed by atoms with Crippen LogP contribution in [0.25, 0.3) is 22.0 Å². The number of ether oxygens (including phenoxy) is 1. The topological polar surface area (TPSA) is 81.2 Å². The van der Waals surface area contributed by atoms with E-state index in [9.17, 15) is 9.59 Å². The zero-order chi connectivity index (χ0) is 20.9. The van der Waals surface area contributed by atoms with Crippen LogP contribution >= 0.6 is 11.3 Å². The number of esters is 1. The molecular weight excluding hydrogens is 398 g/mol. The summed E-state index contributed by atoms with van der Waals surface area (Å²) in [5.74, 6) is -0.945. The van der Waals surface area contributed by atoms with E-state index < -0.39 is 5.97 Å². The van der Waals surface area contributed by atoms with E-state index in [1.165, 1.54) is 18.4 Å². The number of hydrogen-bond donors (Lipinski definition) is 1. The standard InChI is InChI=1S/C23H17N3O3S/c1-29-23(28)18-10-3-2-9-17(18)21(27)25-16-8-6-7-15(13-16)20-14-30-22(26-20)19-11-4-5-12-24-19/h2-14H,1H3,(H,25,27). The highest BCUT2D eigenvalue weighted by Crippen LogP contribution is 2.29. The lowest BCUT2D eigenvalue weighted by molar-refractivity contribution is 0.0597. The third-order valence-corrected chi connectivity index (χ3v) is 5.25. The van der Waals surface area contributed by atoms with Crippen LogP contribution in [0.3, 0.4) is 0 Å². The number of benzene rings is 2. The third kappa shape index (κ3) is 4.11. The minimum atomic E-state index is -0.556. The lowest BCUT2D eigenvalue weighted by Crippen LogP contribution is -2.17. The summed E-state index contributed by atoms with van der Waals surface area (Å²) in [6.07, 6.45) is 1.73. The van der Waals surface area contributed by atoms with Crippen molar-refractivity contribution in [2.45, 2.75) is 0 Å². The number of carbonyl (C=O) groups is 2. The molecule has 0 bridgehead atoms. The molecule has 0 spiro atoms. The summed E-state index contributed by atoms with van der Waals surface area (Å²) in [6, 6.07) is 19.6. The van der Waals surface area contributed by atoms with Gasteiger partial charge in [-0.3, -0.25) is 9.78 Å². The number of rotatable bonds is 5. The van der Waals surface area contributed by atoms with Crippen molar-refractivity contribution >= 4 is 28.9 Å². The van der Waals surface area contributed by atoms with Crippen LogP contribution < -0.4 is 5.32 Å². The molecule has 1 N–H and O–H groups in total. The Morgan fingerprint density at radius 1 is 0.933 bits per heavy atom. The molecule has 0 unspecified atom stereocenters. The Labute approximate surface area is 177 Å². The van der Waals surface area contributed by atoms with Gasteiger partial charge in [0, 0.05) is 22.8 Å². The van der Waals surface area contributed by atoms with Crippen LogP contribution in [-0.2, 0) is 4.74 Å². The number of hydrogen-bond acceptors (Lipinski definition) is 6. The van der Waals surface area contributed by atoms with Crippen molar-refractivity contribution in [1.82, 2.24) is 9.97 Å². The largest absolute Gasteiger partial charge is 0.465 e. The van der Waals surface area contributed by atoms with Crippen LogP contribution in [0.1, 0.15) is 20.7 Å². The van der Waals surface area contributed by atoms with Gasteiger partial charge in [0.25, 0.3) is 5.91 Å². The van der Waals surface area contributed by atoms with Crippen molar-refractivity contribution in [2.24, 2.45) is 0 Å². The maximum atomic E-state index is 12.8. The van der Waals surface area contributed by atoms with Crippen LogP contribution in [0.15, 0.2) is 78.3 Å². The number of anilines is 1. The van der Waals surface area contributed by atoms with E-state index >= 15 is 0 Å². The molecule has 6 nitrogen and oxygen atoms in total. The maximum Gasteiger partial charge on any atom is 0.338 e. The molecule has 4 rings (SSSR count). The Morgan fingerprint density at radius 2 is 1.73 bits per heavy atom. The van der Waals surface area contributed by atoms with Crippen LogP contribution in [0.5, 0.6) is 0 Å². The van der Waals surface area contributed by atoms with Gasteiger partial charge in [-0.25, -0.2) is 9.78 Å². The summed E-state index contributed by atoms with van der Waals surface area (Å²) in [6.45, 7) is 0. The van der Waals surface area contributed by atoms with Gasteiger partial charge in [-0.05, 0) is 36.4 Å². The van der Waals surface area contributed by atoms with Gasteiger partial charge in [0.15, 0.2) is 0 Å². The van der Waals surface area contributed by atoms with Crippen molar-refractivity contribution in [2.75, 3.05) is 12.4 Å². The summed E-state index contributed by atoms with van der Waals surface area (Å²) in [4.78, 5) is 33.7. The molecule has 0 aliphatic heterocycles. The second-order valence-corrected chi connectivity index (χ2v) is 7.18. The molecule has 2 aromatic heterocycles. The van der Waals surface area contributed by atoms with Crippen molar-refractivity contribution in [3.8, 4) is 22.0 Å². The highest BCUT2D eigenvalue weighted by Gasteiger charge is 2.17. The molecule has 0 aliphatic rings. The van der Waals surface area contributed by atoms with E-state index in [0.29, 0.717) is 5.69 Å². The Morgan fingerprint density at radius 3 is 2.50 bits per heavy atom. The van der Waals surface area contributed by atoms with Crippen molar-refractivity contribution in [3.63, 3.8) is 0 Å². The molecule has 0 radical (unpaired) electrons. The first-order valence-electron chi connectivity index (χ1n) is 9.12. The van der Waals surface area contributed by atoms with E-state index in [1.54, 1.807) is 36.5 Å². The minimum absolute atomic E-state index is 0.216. The van der Waals surface area contributed by atoms with Gasteiger partial charge in [0.1, 0.15) is 5.01 Å². The molecule has 2 aromatic carbocycles. The summed E-state index contributed by atoms with van der Waals surface area (Å²) < 4.78 is 4.76. The fourth-order valence-electron chi connectivity index (χ4n) is 2.94. The molecule has 30 heavy (non-hydrogen) atoms. The number of nitrogens with zero attached hydrogens (tertiary/aromatic N) is 2. The number of amides is 1. The van der Waals surface area contributed by atoms with E-state index in [2.05, 4.69) is 15.3 Å². The first kappa shape index (κ1) is 19.5. The first-order valence-corrected chi connectivity index (χ1v) is 10.00. The normalized spacial score (nSPS) is 10.4. The number of pyridine rings is 1. The van der Waals surface area contributed by atoms with E-state index in [0.717, 1.165) is 22.0 Å². The number of carbonyl (C=O) groups excluding carboxylic acids is 2. The van der Waals surface area contributed by atoms with Gasteiger partial charge in [-0.2, -0.15) is 0 Å². The molecule has 0 atom stereocenters. The molecule has 4 aromatic rings. The lowest BCUT2D eigenvalue weighted by Gasteiger charge is -2.09. The summed E-state index contributed by atoms with van der Waals surface area (Å²) >= 11 is 1.51. The number of aromatic nitrogens is 2. The zero-order valence-corrected chi connectivity index (χ0v) is 16.8. The van der Waals surface area contributed by atoms with Crippen molar-refractivity contribution < 1.29 is 14.3 Å². The van der Waals surface area contributed by atoms with Crippen LogP contribution in [0, 0.1) is 0 Å². The molecular formula is C23H17N3O3S. The second-order valence-electron chi connectivity index (χ2n) is 6.32. The van der Waals surface area contributed by atoms with Crippen molar-refractivity contribution in [3.05, 3.63) is 89.4 Å². The number of methoxy groups -OCH3 is 1. The Hall–Kier alpha value is -3.84. The molecule has 0 saturated carbocycles. The second kappa shape index (κ2) is 8.67. The first-order chi connectivity index (χ1) is 14.7.